The third-order valence-electron chi connectivity index (χ3n) is 2.45. The maximum absolute atomic E-state index is 12.3. The van der Waals surface area contributed by atoms with E-state index in [1.807, 2.05) is 33.2 Å². The van der Waals surface area contributed by atoms with Crippen LogP contribution in [-0.2, 0) is 17.1 Å². The number of hydrogen-bond acceptors (Lipinski definition) is 1. The maximum atomic E-state index is 12.3. The Morgan fingerprint density at radius 2 is 1.94 bits per heavy atom. The van der Waals surface area contributed by atoms with Crippen molar-refractivity contribution in [2.45, 2.75) is 26.3 Å². The van der Waals surface area contributed by atoms with Crippen LogP contribution in [-0.4, -0.2) is 14.8 Å². The predicted molar refractivity (Wildman–Crippen MR) is 70.2 cm³/mol. The summed E-state index contributed by atoms with van der Waals surface area (Å²) in [7, 11) is 0. The van der Waals surface area contributed by atoms with Crippen LogP contribution >= 0.6 is 24.6 Å². The number of rotatable bonds is 4. The number of nitrogens with zero attached hydrogens (tertiary/aromatic N) is 1. The van der Waals surface area contributed by atoms with Crippen molar-refractivity contribution in [1.82, 2.24) is 2.89 Å². The summed E-state index contributed by atoms with van der Waals surface area (Å²) >= 11 is 5.03. The van der Waals surface area contributed by atoms with Gasteiger partial charge in [0.1, 0.15) is 0 Å². The van der Waals surface area contributed by atoms with Crippen LogP contribution < -0.4 is 0 Å². The quantitative estimate of drug-likeness (QED) is 0.555. The van der Waals surface area contributed by atoms with Crippen LogP contribution in [0.5, 0.6) is 0 Å². The Hall–Kier alpha value is 0.520. The molecule has 16 heavy (non-hydrogen) atoms. The number of amides is 1. The van der Waals surface area contributed by atoms with Crippen molar-refractivity contribution in [3.05, 3.63) is 35.9 Å². The fourth-order valence-corrected chi connectivity index (χ4v) is 12.6. The summed E-state index contributed by atoms with van der Waals surface area (Å²) in [6.07, 6.45) is 0.976. The molecule has 0 aliphatic heterocycles. The summed E-state index contributed by atoms with van der Waals surface area (Å²) in [6, 6.07) is 9.74. The minimum atomic E-state index is -2.20. The van der Waals surface area contributed by atoms with Crippen LogP contribution in [0.3, 0.4) is 0 Å². The van der Waals surface area contributed by atoms with Crippen LogP contribution in [0, 0.1) is 0 Å². The second-order valence-electron chi connectivity index (χ2n) is 3.54. The van der Waals surface area contributed by atoms with Crippen LogP contribution in [0.4, 0.5) is 0 Å². The van der Waals surface area contributed by atoms with Gasteiger partial charge in [-0.2, -0.15) is 0 Å². The van der Waals surface area contributed by atoms with Crippen molar-refractivity contribution in [1.29, 1.82) is 0 Å². The molecule has 0 spiro atoms. The third kappa shape index (κ3) is 3.77. The Labute approximate surface area is 116 Å². The number of halogens is 2. The molecule has 1 rings (SSSR count). The first-order valence-electron chi connectivity index (χ1n) is 5.14. The molecule has 5 heteroatoms. The van der Waals surface area contributed by atoms with Crippen LogP contribution in [0.25, 0.3) is 0 Å². The van der Waals surface area contributed by atoms with Crippen molar-refractivity contribution in [2.24, 2.45) is 0 Å². The summed E-state index contributed by atoms with van der Waals surface area (Å²) in [5, 5.41) is 0. The van der Waals surface area contributed by atoms with Gasteiger partial charge >= 0.3 is 117 Å². The molecule has 2 nitrogen and oxygen atoms in total. The molecule has 1 unspecified atom stereocenters. The summed E-state index contributed by atoms with van der Waals surface area (Å²) in [5.74, 6) is 0.130. The molecule has 0 aliphatic rings. The summed E-state index contributed by atoms with van der Waals surface area (Å²) in [6.45, 7) is 4.19. The summed E-state index contributed by atoms with van der Waals surface area (Å²) < 4.78 is 2.00. The van der Waals surface area contributed by atoms with Crippen molar-refractivity contribution in [2.75, 3.05) is 0 Å². The molecule has 0 heterocycles. The second kappa shape index (κ2) is 7.07. The molecule has 0 bridgehead atoms. The van der Waals surface area contributed by atoms with Gasteiger partial charge in [-0.05, 0) is 0 Å². The first kappa shape index (κ1) is 14.6. The number of carbonyl (C=O) groups excluding carboxylic acids is 1. The zero-order valence-corrected chi connectivity index (χ0v) is 16.0. The Morgan fingerprint density at radius 1 is 1.38 bits per heavy atom. The van der Waals surface area contributed by atoms with Crippen LogP contribution in [0.15, 0.2) is 30.3 Å². The van der Waals surface area contributed by atoms with E-state index in [0.29, 0.717) is 0 Å². The van der Waals surface area contributed by atoms with Gasteiger partial charge in [0, 0.05) is 0 Å². The molecular formula is C11H14Br2HfNO. The number of carbonyl (C=O) groups is 1. The molecule has 1 atom stereocenters. The Morgan fingerprint density at radius 3 is 2.38 bits per heavy atom. The molecule has 0 aliphatic carbocycles. The zero-order valence-electron chi connectivity index (χ0n) is 9.28. The van der Waals surface area contributed by atoms with E-state index < -0.39 is 17.1 Å². The van der Waals surface area contributed by atoms with Gasteiger partial charge in [-0.1, -0.05) is 0 Å². The van der Waals surface area contributed by atoms with Gasteiger partial charge in [0.2, 0.25) is 0 Å². The first-order chi connectivity index (χ1) is 7.57. The van der Waals surface area contributed by atoms with E-state index in [0.717, 1.165) is 12.0 Å². The standard InChI is InChI=1S/C11H15NO.2BrH.Hf/c1-3-9(2)12-11(13)10-7-5-4-6-8-10;;;/h4-9H,3H2,1-2H3,(H,12,13);2*1H;/q;;;+3/p-3. The summed E-state index contributed by atoms with van der Waals surface area (Å²) in [4.78, 5) is 12.3. The monoisotopic (exact) mass is 514 g/mol. The zero-order chi connectivity index (χ0) is 12.1. The van der Waals surface area contributed by atoms with Gasteiger partial charge in [0.25, 0.3) is 0 Å². The Bertz CT molecular complexity index is 345. The van der Waals surface area contributed by atoms with Crippen molar-refractivity contribution in [3.8, 4) is 0 Å². The van der Waals surface area contributed by atoms with E-state index in [9.17, 15) is 4.79 Å². The predicted octanol–water partition coefficient (Wildman–Crippen LogP) is 4.08. The second-order valence-corrected chi connectivity index (χ2v) is 28.0. The number of hydrogen-bond donors (Lipinski definition) is 0. The topological polar surface area (TPSA) is 20.3 Å². The van der Waals surface area contributed by atoms with E-state index in [2.05, 4.69) is 38.4 Å². The molecular weight excluding hydrogens is 500 g/mol. The fraction of sp³-hybridized carbons (Fsp3) is 0.364. The van der Waals surface area contributed by atoms with Crippen molar-refractivity contribution < 1.29 is 21.9 Å². The molecule has 0 saturated heterocycles. The van der Waals surface area contributed by atoms with Gasteiger partial charge in [-0.15, -0.1) is 0 Å². The molecule has 1 aromatic carbocycles. The van der Waals surface area contributed by atoms with E-state index in [1.54, 1.807) is 0 Å². The molecule has 87 valence electrons. The molecule has 0 N–H and O–H groups in total. The van der Waals surface area contributed by atoms with Crippen molar-refractivity contribution in [3.63, 3.8) is 0 Å². The van der Waals surface area contributed by atoms with E-state index in [4.69, 9.17) is 0 Å². The Kier molecular flexibility index (Phi) is 6.44. The van der Waals surface area contributed by atoms with E-state index in [1.165, 1.54) is 0 Å². The summed E-state index contributed by atoms with van der Waals surface area (Å²) in [5.41, 5.74) is 0.768. The van der Waals surface area contributed by atoms with Crippen molar-refractivity contribution >= 4 is 30.5 Å². The van der Waals surface area contributed by atoms with E-state index >= 15 is 0 Å². The average Bonchev–Trinajstić information content (AvgIpc) is 2.29. The molecule has 0 saturated carbocycles. The van der Waals surface area contributed by atoms with Gasteiger partial charge in [0.05, 0.1) is 0 Å². The average molecular weight is 515 g/mol. The molecule has 1 amide bonds. The van der Waals surface area contributed by atoms with Gasteiger partial charge < -0.3 is 0 Å². The molecule has 0 radical (unpaired) electrons. The first-order valence-corrected chi connectivity index (χ1v) is 22.4. The third-order valence-corrected chi connectivity index (χ3v) is 12.3. The normalized spacial score (nSPS) is 12.0. The van der Waals surface area contributed by atoms with Crippen LogP contribution in [0.1, 0.15) is 30.6 Å². The van der Waals surface area contributed by atoms with Gasteiger partial charge in [-0.3, -0.25) is 0 Å². The fourth-order valence-electron chi connectivity index (χ4n) is 1.35. The molecule has 0 fully saturated rings. The SMILES string of the molecule is CCC(C)[N](C(=O)c1ccccc1)[Hf]([Br])[Br]. The Balaban J connectivity index is 2.92. The van der Waals surface area contributed by atoms with Gasteiger partial charge in [-0.25, -0.2) is 0 Å². The van der Waals surface area contributed by atoms with Crippen LogP contribution in [0.2, 0.25) is 0 Å². The number of benzene rings is 1. The van der Waals surface area contributed by atoms with Gasteiger partial charge in [0.15, 0.2) is 0 Å². The minimum absolute atomic E-state index is 0.130. The molecule has 0 aromatic heterocycles. The molecule has 1 aromatic rings. The van der Waals surface area contributed by atoms with E-state index in [-0.39, 0.29) is 11.9 Å².